The fourth-order valence-corrected chi connectivity index (χ4v) is 2.03. The first-order chi connectivity index (χ1) is 8.35. The minimum Gasteiger partial charge on any atom is -0.464 e. The molecule has 1 fully saturated rings. The molecule has 1 heterocycles. The average molecular weight is 253 g/mol. The third kappa shape index (κ3) is 2.60. The molecule has 0 aromatic rings. The predicted octanol–water partition coefficient (Wildman–Crippen LogP) is 1.28. The lowest BCUT2D eigenvalue weighted by molar-refractivity contribution is -0.156. The van der Waals surface area contributed by atoms with Crippen molar-refractivity contribution >= 4 is 17.8 Å². The molecular weight excluding hydrogens is 234 g/mol. The van der Waals surface area contributed by atoms with Gasteiger partial charge in [0, 0.05) is 5.41 Å². The number of hydrogen-bond donors (Lipinski definition) is 0. The van der Waals surface area contributed by atoms with Crippen LogP contribution in [-0.4, -0.2) is 35.3 Å². The van der Waals surface area contributed by atoms with Gasteiger partial charge in [0.25, 0.3) is 5.91 Å². The maximum atomic E-state index is 12.1. The summed E-state index contributed by atoms with van der Waals surface area (Å²) >= 11 is 0. The normalized spacial score (nSPS) is 22.6. The van der Waals surface area contributed by atoms with Crippen molar-refractivity contribution in [2.45, 2.75) is 40.2 Å². The van der Waals surface area contributed by atoms with Crippen LogP contribution >= 0.6 is 0 Å². The number of nitrogens with zero attached hydrogens (tertiary/aromatic N) is 1. The number of esters is 1. The first kappa shape index (κ1) is 14.4. The topological polar surface area (TPSA) is 63.7 Å². The fraction of sp³-hybridized carbons (Fsp3) is 0.615. The van der Waals surface area contributed by atoms with Crippen LogP contribution in [0.1, 0.15) is 34.1 Å². The van der Waals surface area contributed by atoms with Crippen molar-refractivity contribution in [3.05, 3.63) is 12.2 Å². The fourth-order valence-electron chi connectivity index (χ4n) is 2.03. The molecule has 2 amide bonds. The molecule has 0 radical (unpaired) electrons. The summed E-state index contributed by atoms with van der Waals surface area (Å²) in [6.07, 6.45) is 3.13. The Balaban J connectivity index is 3.04. The summed E-state index contributed by atoms with van der Waals surface area (Å²) < 4.78 is 4.92. The van der Waals surface area contributed by atoms with E-state index in [1.54, 1.807) is 33.8 Å². The van der Waals surface area contributed by atoms with E-state index in [9.17, 15) is 14.4 Å². The van der Waals surface area contributed by atoms with E-state index in [-0.39, 0.29) is 12.5 Å². The van der Waals surface area contributed by atoms with E-state index >= 15 is 0 Å². The van der Waals surface area contributed by atoms with E-state index < -0.39 is 23.3 Å². The van der Waals surface area contributed by atoms with Gasteiger partial charge in [0.15, 0.2) is 0 Å². The zero-order valence-electron chi connectivity index (χ0n) is 11.2. The molecular formula is C13H19NO4. The molecule has 100 valence electrons. The number of ether oxygens (including phenoxy) is 1. The molecule has 5 heteroatoms. The van der Waals surface area contributed by atoms with Crippen molar-refractivity contribution in [2.75, 3.05) is 6.61 Å². The maximum absolute atomic E-state index is 12.1. The van der Waals surface area contributed by atoms with Gasteiger partial charge < -0.3 is 4.74 Å². The number of imide groups is 1. The first-order valence-electron chi connectivity index (χ1n) is 6.02. The molecule has 1 aliphatic heterocycles. The van der Waals surface area contributed by atoms with Crippen molar-refractivity contribution in [3.63, 3.8) is 0 Å². The highest BCUT2D eigenvalue weighted by atomic mass is 16.5. The number of carbonyl (C=O) groups is 3. The standard InChI is InChI=1S/C13H19NO4/c1-5-7-10(15)14-9(11(16)18-6-2)8-13(3,4)12(14)17/h5,7,9H,6,8H2,1-4H3/b7-5+/t9-/m0/s1. The maximum Gasteiger partial charge on any atom is 0.329 e. The van der Waals surface area contributed by atoms with Gasteiger partial charge in [0.2, 0.25) is 5.91 Å². The lowest BCUT2D eigenvalue weighted by Gasteiger charge is -2.20. The number of carbonyl (C=O) groups excluding carboxylic acids is 3. The Bertz CT molecular complexity index is 398. The lowest BCUT2D eigenvalue weighted by Crippen LogP contribution is -2.43. The zero-order valence-corrected chi connectivity index (χ0v) is 11.2. The first-order valence-corrected chi connectivity index (χ1v) is 6.02. The molecule has 1 saturated heterocycles. The molecule has 0 saturated carbocycles. The van der Waals surface area contributed by atoms with Crippen molar-refractivity contribution in [2.24, 2.45) is 5.41 Å². The van der Waals surface area contributed by atoms with E-state index in [0.29, 0.717) is 6.42 Å². The lowest BCUT2D eigenvalue weighted by atomic mass is 9.90. The highest BCUT2D eigenvalue weighted by molar-refractivity contribution is 6.07. The largest absolute Gasteiger partial charge is 0.464 e. The Morgan fingerprint density at radius 3 is 2.61 bits per heavy atom. The van der Waals surface area contributed by atoms with Crippen molar-refractivity contribution in [3.8, 4) is 0 Å². The second-order valence-electron chi connectivity index (χ2n) is 4.87. The van der Waals surface area contributed by atoms with Crippen LogP contribution in [-0.2, 0) is 19.1 Å². The van der Waals surface area contributed by atoms with Crippen LogP contribution in [0.4, 0.5) is 0 Å². The van der Waals surface area contributed by atoms with Crippen LogP contribution in [0.2, 0.25) is 0 Å². The van der Waals surface area contributed by atoms with E-state index in [0.717, 1.165) is 4.90 Å². The number of rotatable bonds is 3. The minimum absolute atomic E-state index is 0.232. The van der Waals surface area contributed by atoms with E-state index in [4.69, 9.17) is 4.74 Å². The summed E-state index contributed by atoms with van der Waals surface area (Å²) in [7, 11) is 0. The monoisotopic (exact) mass is 253 g/mol. The van der Waals surface area contributed by atoms with Gasteiger partial charge in [0.05, 0.1) is 6.61 Å². The summed E-state index contributed by atoms with van der Waals surface area (Å²) in [5, 5.41) is 0. The Morgan fingerprint density at radius 1 is 1.50 bits per heavy atom. The molecule has 0 aromatic heterocycles. The highest BCUT2D eigenvalue weighted by Crippen LogP contribution is 2.36. The van der Waals surface area contributed by atoms with Crippen molar-refractivity contribution in [1.82, 2.24) is 4.90 Å². The molecule has 0 unspecified atom stereocenters. The SMILES string of the molecule is C/C=C/C(=O)N1C(=O)C(C)(C)C[C@H]1C(=O)OCC. The second kappa shape index (κ2) is 5.33. The van der Waals surface area contributed by atoms with Crippen LogP contribution in [0.15, 0.2) is 12.2 Å². The van der Waals surface area contributed by atoms with Crippen LogP contribution < -0.4 is 0 Å². The van der Waals surface area contributed by atoms with Gasteiger partial charge in [-0.2, -0.15) is 0 Å². The summed E-state index contributed by atoms with van der Waals surface area (Å²) in [6, 6.07) is -0.809. The average Bonchev–Trinajstić information content (AvgIpc) is 2.51. The number of likely N-dealkylation sites (tertiary alicyclic amines) is 1. The van der Waals surface area contributed by atoms with Gasteiger partial charge in [-0.1, -0.05) is 19.9 Å². The second-order valence-corrected chi connectivity index (χ2v) is 4.87. The minimum atomic E-state index is -0.809. The molecule has 0 aliphatic carbocycles. The van der Waals surface area contributed by atoms with Crippen LogP contribution in [0.25, 0.3) is 0 Å². The van der Waals surface area contributed by atoms with Crippen LogP contribution in [0, 0.1) is 5.41 Å². The Kier molecular flexibility index (Phi) is 4.27. The summed E-state index contributed by atoms with van der Waals surface area (Å²) in [4.78, 5) is 36.8. The van der Waals surface area contributed by atoms with Gasteiger partial charge in [0.1, 0.15) is 6.04 Å². The molecule has 5 nitrogen and oxygen atoms in total. The molecule has 1 rings (SSSR count). The third-order valence-electron chi connectivity index (χ3n) is 2.92. The zero-order chi connectivity index (χ0) is 13.9. The van der Waals surface area contributed by atoms with Gasteiger partial charge in [-0.25, -0.2) is 4.79 Å². The van der Waals surface area contributed by atoms with E-state index in [1.165, 1.54) is 6.08 Å². The van der Waals surface area contributed by atoms with Gasteiger partial charge in [-0.15, -0.1) is 0 Å². The summed E-state index contributed by atoms with van der Waals surface area (Å²) in [6.45, 7) is 7.06. The molecule has 0 N–H and O–H groups in total. The van der Waals surface area contributed by atoms with Gasteiger partial charge in [-0.05, 0) is 26.3 Å². The van der Waals surface area contributed by atoms with Crippen LogP contribution in [0.5, 0.6) is 0 Å². The quantitative estimate of drug-likeness (QED) is 0.561. The highest BCUT2D eigenvalue weighted by Gasteiger charge is 2.51. The van der Waals surface area contributed by atoms with E-state index in [2.05, 4.69) is 0 Å². The number of amides is 2. The van der Waals surface area contributed by atoms with Gasteiger partial charge >= 0.3 is 5.97 Å². The van der Waals surface area contributed by atoms with Crippen molar-refractivity contribution < 1.29 is 19.1 Å². The molecule has 1 aliphatic rings. The molecule has 0 bridgehead atoms. The van der Waals surface area contributed by atoms with Gasteiger partial charge in [-0.3, -0.25) is 14.5 Å². The Morgan fingerprint density at radius 2 is 2.11 bits per heavy atom. The number of allylic oxidation sites excluding steroid dienone is 1. The van der Waals surface area contributed by atoms with Crippen molar-refractivity contribution in [1.29, 1.82) is 0 Å². The molecule has 0 aromatic carbocycles. The smallest absolute Gasteiger partial charge is 0.329 e. The molecule has 1 atom stereocenters. The van der Waals surface area contributed by atoms with E-state index in [1.807, 2.05) is 0 Å². The third-order valence-corrected chi connectivity index (χ3v) is 2.92. The summed E-state index contributed by atoms with van der Waals surface area (Å²) in [5.41, 5.74) is -0.714. The molecule has 18 heavy (non-hydrogen) atoms. The molecule has 0 spiro atoms. The Labute approximate surface area is 107 Å². The predicted molar refractivity (Wildman–Crippen MR) is 65.5 cm³/mol. The Hall–Kier alpha value is -1.65. The number of hydrogen-bond acceptors (Lipinski definition) is 4. The van der Waals surface area contributed by atoms with Crippen LogP contribution in [0.3, 0.4) is 0 Å². The summed E-state index contributed by atoms with van der Waals surface area (Å²) in [5.74, 6) is -1.32.